The number of amides is 1. The number of carboxylic acid groups (broad SMARTS) is 1. The predicted molar refractivity (Wildman–Crippen MR) is 127 cm³/mol. The van der Waals surface area contributed by atoms with Gasteiger partial charge >= 0.3 is 6.09 Å². The Hall–Kier alpha value is -3.15. The van der Waals surface area contributed by atoms with Gasteiger partial charge in [-0.05, 0) is 61.3 Å². The predicted octanol–water partition coefficient (Wildman–Crippen LogP) is 5.22. The van der Waals surface area contributed by atoms with E-state index < -0.39 is 6.09 Å². The van der Waals surface area contributed by atoms with Crippen LogP contribution in [0.15, 0.2) is 67.1 Å². The van der Waals surface area contributed by atoms with Gasteiger partial charge < -0.3 is 24.4 Å². The van der Waals surface area contributed by atoms with Crippen molar-refractivity contribution in [1.82, 2.24) is 4.90 Å². The van der Waals surface area contributed by atoms with E-state index in [1.165, 1.54) is 16.8 Å². The van der Waals surface area contributed by atoms with Gasteiger partial charge in [0, 0.05) is 37.3 Å². The summed E-state index contributed by atoms with van der Waals surface area (Å²) < 4.78 is 11.0. The van der Waals surface area contributed by atoms with Crippen LogP contribution >= 0.6 is 0 Å². The van der Waals surface area contributed by atoms with E-state index >= 15 is 0 Å². The van der Waals surface area contributed by atoms with Crippen LogP contribution in [0.1, 0.15) is 42.7 Å². The molecular weight excluding hydrogens is 416 g/mol. The van der Waals surface area contributed by atoms with Crippen LogP contribution in [0.25, 0.3) is 0 Å². The summed E-state index contributed by atoms with van der Waals surface area (Å²) in [5.41, 5.74) is 3.76. The second-order valence-electron chi connectivity index (χ2n) is 9.37. The Kier molecular flexibility index (Phi) is 6.42. The zero-order chi connectivity index (χ0) is 22.6. The summed E-state index contributed by atoms with van der Waals surface area (Å²) >= 11 is 0. The molecular formula is C27H32N2O4. The normalized spacial score (nSPS) is 23.9. The minimum absolute atomic E-state index is 0.0110. The molecule has 2 unspecified atom stereocenters. The van der Waals surface area contributed by atoms with Gasteiger partial charge in [0.2, 0.25) is 6.29 Å². The van der Waals surface area contributed by atoms with Crippen LogP contribution in [0.2, 0.25) is 0 Å². The number of piperidine rings is 2. The maximum Gasteiger partial charge on any atom is 0.407 e. The van der Waals surface area contributed by atoms with Crippen molar-refractivity contribution in [2.24, 2.45) is 5.92 Å². The molecule has 2 fully saturated rings. The van der Waals surface area contributed by atoms with Gasteiger partial charge in [-0.2, -0.15) is 0 Å². The third-order valence-electron chi connectivity index (χ3n) is 7.41. The fraction of sp³-hybridized carbons (Fsp3) is 0.444. The molecule has 2 atom stereocenters. The quantitative estimate of drug-likeness (QED) is 0.680. The molecule has 3 heterocycles. The van der Waals surface area contributed by atoms with Gasteiger partial charge in [-0.3, -0.25) is 0 Å². The average Bonchev–Trinajstić information content (AvgIpc) is 3.40. The number of rotatable bonds is 5. The van der Waals surface area contributed by atoms with Crippen LogP contribution < -0.4 is 4.90 Å². The van der Waals surface area contributed by atoms with E-state index in [1.54, 1.807) is 17.4 Å². The lowest BCUT2D eigenvalue weighted by Crippen LogP contribution is -2.46. The van der Waals surface area contributed by atoms with Crippen LogP contribution in [-0.2, 0) is 15.9 Å². The molecule has 174 valence electrons. The Balaban J connectivity index is 1.21. The molecule has 5 rings (SSSR count). The van der Waals surface area contributed by atoms with Gasteiger partial charge in [0.05, 0.1) is 0 Å². The van der Waals surface area contributed by atoms with Crippen LogP contribution in [-0.4, -0.2) is 48.1 Å². The topological polar surface area (TPSA) is 62.2 Å². The molecule has 0 bridgehead atoms. The second-order valence-corrected chi connectivity index (χ2v) is 9.37. The lowest BCUT2D eigenvalue weighted by Gasteiger charge is -2.38. The molecule has 3 aliphatic heterocycles. The number of anilines is 1. The summed E-state index contributed by atoms with van der Waals surface area (Å²) in [7, 11) is 0. The van der Waals surface area contributed by atoms with E-state index in [1.807, 2.05) is 18.2 Å². The number of benzene rings is 2. The highest BCUT2D eigenvalue weighted by molar-refractivity contribution is 5.65. The highest BCUT2D eigenvalue weighted by Gasteiger charge is 2.33. The van der Waals surface area contributed by atoms with Crippen LogP contribution in [0.5, 0.6) is 0 Å². The van der Waals surface area contributed by atoms with Crippen LogP contribution in [0, 0.1) is 5.92 Å². The standard InChI is InChI=1S/C27H32N2O4/c30-27(31)29-15-12-23(19-25(29)18-20-4-2-1-3-5-20)21-6-8-24(9-7-21)28-13-10-22(11-14-28)26-32-16-17-33-26/h1-9,16-17,22-23,25-26H,10-15,18-19H2,(H,30,31). The minimum Gasteiger partial charge on any atom is -0.465 e. The summed E-state index contributed by atoms with van der Waals surface area (Å²) in [5.74, 6) is 0.828. The first-order chi connectivity index (χ1) is 16.2. The van der Waals surface area contributed by atoms with Crippen molar-refractivity contribution >= 4 is 11.8 Å². The summed E-state index contributed by atoms with van der Waals surface area (Å²) in [6, 6.07) is 19.2. The molecule has 2 saturated heterocycles. The molecule has 6 nitrogen and oxygen atoms in total. The summed E-state index contributed by atoms with van der Waals surface area (Å²) in [6.07, 6.45) is 6.97. The number of hydrogen-bond acceptors (Lipinski definition) is 4. The lowest BCUT2D eigenvalue weighted by molar-refractivity contribution is -0.0728. The second kappa shape index (κ2) is 9.77. The molecule has 1 amide bonds. The molecule has 0 radical (unpaired) electrons. The van der Waals surface area contributed by atoms with Gasteiger partial charge in [-0.1, -0.05) is 42.5 Å². The Morgan fingerprint density at radius 3 is 2.27 bits per heavy atom. The third-order valence-corrected chi connectivity index (χ3v) is 7.41. The Morgan fingerprint density at radius 1 is 0.909 bits per heavy atom. The number of likely N-dealkylation sites (tertiary alicyclic amines) is 1. The molecule has 0 spiro atoms. The summed E-state index contributed by atoms with van der Waals surface area (Å²) in [4.78, 5) is 15.9. The van der Waals surface area contributed by atoms with Crippen molar-refractivity contribution in [1.29, 1.82) is 0 Å². The number of hydrogen-bond donors (Lipinski definition) is 1. The van der Waals surface area contributed by atoms with Gasteiger partial charge in [-0.15, -0.1) is 0 Å². The number of ether oxygens (including phenoxy) is 2. The average molecular weight is 449 g/mol. The molecule has 2 aromatic rings. The smallest absolute Gasteiger partial charge is 0.407 e. The first-order valence-electron chi connectivity index (χ1n) is 12.0. The van der Waals surface area contributed by atoms with E-state index in [9.17, 15) is 9.90 Å². The Morgan fingerprint density at radius 2 is 1.61 bits per heavy atom. The van der Waals surface area contributed by atoms with Crippen molar-refractivity contribution in [2.45, 2.75) is 50.4 Å². The van der Waals surface area contributed by atoms with E-state index in [0.717, 1.165) is 45.2 Å². The summed E-state index contributed by atoms with van der Waals surface area (Å²) in [6.45, 7) is 2.60. The first-order valence-corrected chi connectivity index (χ1v) is 12.0. The van der Waals surface area contributed by atoms with Gasteiger partial charge in [-0.25, -0.2) is 4.79 Å². The highest BCUT2D eigenvalue weighted by Crippen LogP contribution is 2.35. The van der Waals surface area contributed by atoms with E-state index in [4.69, 9.17) is 9.47 Å². The van der Waals surface area contributed by atoms with E-state index in [-0.39, 0.29) is 12.3 Å². The molecule has 1 N–H and O–H groups in total. The SMILES string of the molecule is O=C(O)N1CCC(c2ccc(N3CCC(C4OC=CO4)CC3)cc2)CC1Cc1ccccc1. The third kappa shape index (κ3) is 4.95. The number of nitrogens with zero attached hydrogens (tertiary/aromatic N) is 2. The largest absolute Gasteiger partial charge is 0.465 e. The van der Waals surface area contributed by atoms with Crippen molar-refractivity contribution in [3.8, 4) is 0 Å². The lowest BCUT2D eigenvalue weighted by atomic mass is 9.83. The molecule has 3 aliphatic rings. The molecule has 6 heteroatoms. The Labute approximate surface area is 195 Å². The van der Waals surface area contributed by atoms with Gasteiger partial charge in [0.15, 0.2) is 0 Å². The van der Waals surface area contributed by atoms with Crippen molar-refractivity contribution in [3.63, 3.8) is 0 Å². The fourth-order valence-electron chi connectivity index (χ4n) is 5.55. The zero-order valence-electron chi connectivity index (χ0n) is 18.9. The summed E-state index contributed by atoms with van der Waals surface area (Å²) in [5, 5.41) is 9.71. The molecule has 0 aliphatic carbocycles. The molecule has 33 heavy (non-hydrogen) atoms. The van der Waals surface area contributed by atoms with Gasteiger partial charge in [0.1, 0.15) is 12.5 Å². The minimum atomic E-state index is -0.808. The van der Waals surface area contributed by atoms with Gasteiger partial charge in [0.25, 0.3) is 0 Å². The molecule has 0 saturated carbocycles. The maximum absolute atomic E-state index is 11.8. The first kappa shape index (κ1) is 21.7. The van der Waals surface area contributed by atoms with Crippen LogP contribution in [0.4, 0.5) is 10.5 Å². The fourth-order valence-corrected chi connectivity index (χ4v) is 5.55. The van der Waals surface area contributed by atoms with E-state index in [0.29, 0.717) is 18.4 Å². The number of carbonyl (C=O) groups is 1. The van der Waals surface area contributed by atoms with Crippen molar-refractivity contribution < 1.29 is 19.4 Å². The van der Waals surface area contributed by atoms with Crippen molar-refractivity contribution in [2.75, 3.05) is 24.5 Å². The van der Waals surface area contributed by atoms with E-state index in [2.05, 4.69) is 41.3 Å². The molecule has 0 aromatic heterocycles. The zero-order valence-corrected chi connectivity index (χ0v) is 18.9. The maximum atomic E-state index is 11.8. The van der Waals surface area contributed by atoms with Crippen molar-refractivity contribution in [3.05, 3.63) is 78.2 Å². The monoisotopic (exact) mass is 448 g/mol. The van der Waals surface area contributed by atoms with Crippen LogP contribution in [0.3, 0.4) is 0 Å². The molecule has 2 aromatic carbocycles. The Bertz CT molecular complexity index is 946. The highest BCUT2D eigenvalue weighted by atomic mass is 16.7.